The molecule has 0 bridgehead atoms. The van der Waals surface area contributed by atoms with Crippen molar-refractivity contribution >= 4 is 22.9 Å². The summed E-state index contributed by atoms with van der Waals surface area (Å²) < 4.78 is 2.39. The summed E-state index contributed by atoms with van der Waals surface area (Å²) in [6, 6.07) is 0.811. The Kier molecular flexibility index (Phi) is 2.14. The molecule has 0 radical (unpaired) electrons. The molecule has 1 fully saturated rings. The second-order valence-electron chi connectivity index (χ2n) is 2.77. The van der Waals surface area contributed by atoms with E-state index >= 15 is 0 Å². The molecule has 48 valence electrons. The topological polar surface area (TPSA) is 3.24 Å². The zero-order chi connectivity index (χ0) is 6.15. The quantitative estimate of drug-likeness (QED) is 0.450. The molecule has 0 amide bonds. The van der Waals surface area contributed by atoms with Gasteiger partial charge in [0.1, 0.15) is 0 Å². The number of halogens is 1. The van der Waals surface area contributed by atoms with Gasteiger partial charge in [0.2, 0.25) is 0 Å². The van der Waals surface area contributed by atoms with Gasteiger partial charge >= 0.3 is 0 Å². The van der Waals surface area contributed by atoms with Crippen LogP contribution in [-0.2, 0) is 0 Å². The van der Waals surface area contributed by atoms with Crippen LogP contribution in [0.15, 0.2) is 0 Å². The van der Waals surface area contributed by atoms with Crippen molar-refractivity contribution < 1.29 is 0 Å². The molecule has 0 aliphatic carbocycles. The lowest BCUT2D eigenvalue weighted by Gasteiger charge is -2.09. The van der Waals surface area contributed by atoms with Crippen LogP contribution in [0.3, 0.4) is 0 Å². The molecule has 2 atom stereocenters. The van der Waals surface area contributed by atoms with E-state index in [0.29, 0.717) is 0 Å². The van der Waals surface area contributed by atoms with Crippen molar-refractivity contribution in [3.8, 4) is 0 Å². The van der Waals surface area contributed by atoms with Crippen LogP contribution in [0.1, 0.15) is 20.3 Å². The fraction of sp³-hybridized carbons (Fsp3) is 1.00. The van der Waals surface area contributed by atoms with Crippen LogP contribution >= 0.6 is 22.9 Å². The molecule has 1 aliphatic rings. The third kappa shape index (κ3) is 1.35. The van der Waals surface area contributed by atoms with Crippen molar-refractivity contribution in [1.29, 1.82) is 0 Å². The Bertz CT molecular complexity index is 74.6. The summed E-state index contributed by atoms with van der Waals surface area (Å²) in [5.74, 6) is 0.918. The second-order valence-corrected chi connectivity index (χ2v) is 4.01. The second kappa shape index (κ2) is 2.52. The smallest absolute Gasteiger partial charge is 0.0204 e. The van der Waals surface area contributed by atoms with Gasteiger partial charge in [-0.25, -0.2) is 3.11 Å². The van der Waals surface area contributed by atoms with Gasteiger partial charge in [-0.3, -0.25) is 0 Å². The van der Waals surface area contributed by atoms with Crippen molar-refractivity contribution in [2.24, 2.45) is 5.92 Å². The van der Waals surface area contributed by atoms with E-state index in [-0.39, 0.29) is 0 Å². The van der Waals surface area contributed by atoms with E-state index in [1.165, 1.54) is 13.0 Å². The number of hydrogen-bond donors (Lipinski definition) is 0. The highest BCUT2D eigenvalue weighted by Crippen LogP contribution is 2.24. The van der Waals surface area contributed by atoms with Crippen LogP contribution in [0.25, 0.3) is 0 Å². The average Bonchev–Trinajstić information content (AvgIpc) is 1.85. The van der Waals surface area contributed by atoms with Gasteiger partial charge < -0.3 is 0 Å². The van der Waals surface area contributed by atoms with Gasteiger partial charge in [0, 0.05) is 35.5 Å². The van der Waals surface area contributed by atoms with Crippen LogP contribution < -0.4 is 0 Å². The van der Waals surface area contributed by atoms with Crippen LogP contribution in [0, 0.1) is 5.92 Å². The molecule has 1 saturated heterocycles. The summed E-state index contributed by atoms with van der Waals surface area (Å²) in [5, 5.41) is 0. The van der Waals surface area contributed by atoms with E-state index in [1.807, 2.05) is 0 Å². The zero-order valence-electron chi connectivity index (χ0n) is 5.39. The maximum absolute atomic E-state index is 2.41. The Balaban J connectivity index is 2.39. The summed E-state index contributed by atoms with van der Waals surface area (Å²) >= 11 is 2.41. The van der Waals surface area contributed by atoms with Crippen LogP contribution in [0.4, 0.5) is 0 Å². The van der Waals surface area contributed by atoms with Gasteiger partial charge in [-0.2, -0.15) is 0 Å². The van der Waals surface area contributed by atoms with Crippen molar-refractivity contribution in [3.63, 3.8) is 0 Å². The summed E-state index contributed by atoms with van der Waals surface area (Å²) in [7, 11) is 0. The molecule has 1 heterocycles. The first-order chi connectivity index (χ1) is 3.70. The van der Waals surface area contributed by atoms with Crippen molar-refractivity contribution in [2.75, 3.05) is 6.54 Å². The summed E-state index contributed by atoms with van der Waals surface area (Å²) in [4.78, 5) is 0. The van der Waals surface area contributed by atoms with Gasteiger partial charge in [-0.05, 0) is 19.3 Å². The molecular weight excluding hydrogens is 213 g/mol. The highest BCUT2D eigenvalue weighted by molar-refractivity contribution is 14.1. The van der Waals surface area contributed by atoms with Gasteiger partial charge in [-0.1, -0.05) is 6.92 Å². The van der Waals surface area contributed by atoms with Gasteiger partial charge in [-0.15, -0.1) is 0 Å². The monoisotopic (exact) mass is 225 g/mol. The molecule has 0 aromatic carbocycles. The van der Waals surface area contributed by atoms with E-state index in [2.05, 4.69) is 39.8 Å². The van der Waals surface area contributed by atoms with E-state index in [0.717, 1.165) is 12.0 Å². The molecule has 8 heavy (non-hydrogen) atoms. The van der Waals surface area contributed by atoms with Crippen molar-refractivity contribution in [1.82, 2.24) is 3.11 Å². The Morgan fingerprint density at radius 2 is 2.12 bits per heavy atom. The van der Waals surface area contributed by atoms with Gasteiger partial charge in [0.25, 0.3) is 0 Å². The Morgan fingerprint density at radius 3 is 2.25 bits per heavy atom. The van der Waals surface area contributed by atoms with Crippen LogP contribution in [0.2, 0.25) is 0 Å². The third-order valence-electron chi connectivity index (χ3n) is 1.71. The van der Waals surface area contributed by atoms with Crippen LogP contribution in [-0.4, -0.2) is 15.7 Å². The highest BCUT2D eigenvalue weighted by Gasteiger charge is 2.23. The molecule has 1 nitrogen and oxygen atoms in total. The Hall–Kier alpha value is 0.690. The first-order valence-electron chi connectivity index (χ1n) is 3.12. The molecule has 0 aromatic heterocycles. The molecule has 1 rings (SSSR count). The lowest BCUT2D eigenvalue weighted by atomic mass is 10.1. The lowest BCUT2D eigenvalue weighted by Crippen LogP contribution is -2.13. The molecule has 0 spiro atoms. The van der Waals surface area contributed by atoms with Crippen molar-refractivity contribution in [3.05, 3.63) is 0 Å². The van der Waals surface area contributed by atoms with E-state index in [9.17, 15) is 0 Å². The summed E-state index contributed by atoms with van der Waals surface area (Å²) in [6.07, 6.45) is 1.38. The van der Waals surface area contributed by atoms with E-state index < -0.39 is 0 Å². The van der Waals surface area contributed by atoms with E-state index in [1.54, 1.807) is 0 Å². The molecule has 0 aromatic rings. The molecule has 2 heteroatoms. The fourth-order valence-electron chi connectivity index (χ4n) is 1.25. The Morgan fingerprint density at radius 1 is 1.50 bits per heavy atom. The average molecular weight is 225 g/mol. The van der Waals surface area contributed by atoms with Gasteiger partial charge in [0.05, 0.1) is 0 Å². The standard InChI is InChI=1S/C6H12IN/c1-5-3-6(2)8(7)4-5/h5-6H,3-4H2,1-2H3. The SMILES string of the molecule is CC1CC(C)N(I)C1. The maximum atomic E-state index is 2.41. The predicted molar refractivity (Wildman–Crippen MR) is 44.0 cm³/mol. The van der Waals surface area contributed by atoms with E-state index in [4.69, 9.17) is 0 Å². The first-order valence-corrected chi connectivity index (χ1v) is 4.09. The van der Waals surface area contributed by atoms with Crippen molar-refractivity contribution in [2.45, 2.75) is 26.3 Å². The minimum absolute atomic E-state index is 0.811. The van der Waals surface area contributed by atoms with Gasteiger partial charge in [0.15, 0.2) is 0 Å². The van der Waals surface area contributed by atoms with Crippen LogP contribution in [0.5, 0.6) is 0 Å². The molecule has 1 aliphatic heterocycles. The predicted octanol–water partition coefficient (Wildman–Crippen LogP) is 2.07. The highest BCUT2D eigenvalue weighted by atomic mass is 127. The largest absolute Gasteiger partial charge is 0.244 e. The molecular formula is C6H12IN. The number of nitrogens with zero attached hydrogens (tertiary/aromatic N) is 1. The molecule has 0 N–H and O–H groups in total. The molecule has 0 saturated carbocycles. The maximum Gasteiger partial charge on any atom is 0.0204 e. The number of rotatable bonds is 0. The normalized spacial score (nSPS) is 40.9. The first kappa shape index (κ1) is 6.81. The summed E-state index contributed by atoms with van der Waals surface area (Å²) in [5.41, 5.74) is 0. The lowest BCUT2D eigenvalue weighted by molar-refractivity contribution is 0.503. The summed E-state index contributed by atoms with van der Waals surface area (Å²) in [6.45, 7) is 5.88. The third-order valence-corrected chi connectivity index (χ3v) is 3.05. The number of hydrogen-bond acceptors (Lipinski definition) is 1. The Labute approximate surface area is 64.9 Å². The zero-order valence-corrected chi connectivity index (χ0v) is 7.55. The minimum atomic E-state index is 0.811. The minimum Gasteiger partial charge on any atom is -0.244 e. The fourth-order valence-corrected chi connectivity index (χ4v) is 2.15. The molecule has 2 unspecified atom stereocenters.